The van der Waals surface area contributed by atoms with Gasteiger partial charge in [0.05, 0.1) is 5.92 Å². The maximum Gasteiger partial charge on any atom is 0.410 e. The lowest BCUT2D eigenvalue weighted by atomic mass is 10.1. The summed E-state index contributed by atoms with van der Waals surface area (Å²) in [4.78, 5) is 10.7. The van der Waals surface area contributed by atoms with Gasteiger partial charge in [-0.2, -0.15) is 13.2 Å². The molecular formula is C9H10BrF3O2. The summed E-state index contributed by atoms with van der Waals surface area (Å²) in [6.07, 6.45) is -4.30. The van der Waals surface area contributed by atoms with E-state index >= 15 is 0 Å². The Labute approximate surface area is 93.3 Å². The zero-order chi connectivity index (χ0) is 12.0. The SMILES string of the molecule is CC1(C)[C@H](C(=O)O)[C@@H]1/C(Br)=C/C(F)(F)F. The predicted octanol–water partition coefficient (Wildman–Crippen LogP) is 3.18. The van der Waals surface area contributed by atoms with Crippen molar-refractivity contribution in [2.75, 3.05) is 0 Å². The summed E-state index contributed by atoms with van der Waals surface area (Å²) in [5.74, 6) is -2.39. The Morgan fingerprint density at radius 1 is 1.40 bits per heavy atom. The lowest BCUT2D eigenvalue weighted by Gasteiger charge is -2.03. The molecule has 0 unspecified atom stereocenters. The number of carboxylic acids is 1. The second-order valence-corrected chi connectivity index (χ2v) is 5.10. The van der Waals surface area contributed by atoms with Gasteiger partial charge in [0.2, 0.25) is 0 Å². The van der Waals surface area contributed by atoms with Gasteiger partial charge in [-0.25, -0.2) is 0 Å². The summed E-state index contributed by atoms with van der Waals surface area (Å²) in [6, 6.07) is 0. The van der Waals surface area contributed by atoms with E-state index in [4.69, 9.17) is 5.11 Å². The van der Waals surface area contributed by atoms with Crippen LogP contribution < -0.4 is 0 Å². The molecule has 0 aromatic rings. The molecule has 1 fully saturated rings. The molecule has 15 heavy (non-hydrogen) atoms. The van der Waals surface area contributed by atoms with Gasteiger partial charge in [0.1, 0.15) is 0 Å². The van der Waals surface area contributed by atoms with Crippen molar-refractivity contribution in [3.63, 3.8) is 0 Å². The predicted molar refractivity (Wildman–Crippen MR) is 51.5 cm³/mol. The zero-order valence-corrected chi connectivity index (χ0v) is 9.69. The third-order valence-corrected chi connectivity index (χ3v) is 3.41. The Hall–Kier alpha value is -0.520. The number of allylic oxidation sites excluding steroid dienone is 2. The van der Waals surface area contributed by atoms with Gasteiger partial charge in [0.15, 0.2) is 0 Å². The van der Waals surface area contributed by atoms with Crippen molar-refractivity contribution in [2.45, 2.75) is 20.0 Å². The smallest absolute Gasteiger partial charge is 0.410 e. The second kappa shape index (κ2) is 3.50. The quantitative estimate of drug-likeness (QED) is 0.847. The molecule has 1 aliphatic carbocycles. The van der Waals surface area contributed by atoms with Crippen molar-refractivity contribution in [1.29, 1.82) is 0 Å². The van der Waals surface area contributed by atoms with Crippen molar-refractivity contribution in [1.82, 2.24) is 0 Å². The van der Waals surface area contributed by atoms with E-state index < -0.39 is 29.4 Å². The summed E-state index contributed by atoms with van der Waals surface area (Å²) in [6.45, 7) is 3.28. The van der Waals surface area contributed by atoms with Gasteiger partial charge < -0.3 is 5.11 Å². The maximum absolute atomic E-state index is 12.0. The van der Waals surface area contributed by atoms with E-state index in [-0.39, 0.29) is 10.6 Å². The Balaban J connectivity index is 2.85. The first-order valence-corrected chi connectivity index (χ1v) is 5.04. The molecule has 0 aromatic heterocycles. The van der Waals surface area contributed by atoms with Crippen LogP contribution in [0.25, 0.3) is 0 Å². The van der Waals surface area contributed by atoms with Gasteiger partial charge in [-0.1, -0.05) is 29.8 Å². The van der Waals surface area contributed by atoms with E-state index in [2.05, 4.69) is 15.9 Å². The molecule has 0 aromatic carbocycles. The average Bonchev–Trinajstić information content (AvgIpc) is 2.49. The fraction of sp³-hybridized carbons (Fsp3) is 0.667. The number of carbonyl (C=O) groups is 1. The average molecular weight is 287 g/mol. The Bertz CT molecular complexity index is 320. The van der Waals surface area contributed by atoms with Gasteiger partial charge in [0, 0.05) is 16.5 Å². The Morgan fingerprint density at radius 3 is 2.13 bits per heavy atom. The summed E-state index contributed by atoms with van der Waals surface area (Å²) >= 11 is 2.80. The monoisotopic (exact) mass is 286 g/mol. The topological polar surface area (TPSA) is 37.3 Å². The summed E-state index contributed by atoms with van der Waals surface area (Å²) < 4.78 is 36.0. The van der Waals surface area contributed by atoms with Gasteiger partial charge in [0.25, 0.3) is 0 Å². The minimum atomic E-state index is -4.42. The first-order valence-electron chi connectivity index (χ1n) is 4.25. The molecule has 0 heterocycles. The molecule has 0 amide bonds. The minimum Gasteiger partial charge on any atom is -0.481 e. The maximum atomic E-state index is 12.0. The van der Waals surface area contributed by atoms with Gasteiger partial charge >= 0.3 is 12.1 Å². The van der Waals surface area contributed by atoms with Gasteiger partial charge in [-0.3, -0.25) is 4.79 Å². The fourth-order valence-corrected chi connectivity index (χ4v) is 2.97. The molecular weight excluding hydrogens is 277 g/mol. The molecule has 0 bridgehead atoms. The molecule has 1 saturated carbocycles. The lowest BCUT2D eigenvalue weighted by Crippen LogP contribution is -2.04. The zero-order valence-electron chi connectivity index (χ0n) is 8.10. The van der Waals surface area contributed by atoms with Crippen LogP contribution in [-0.2, 0) is 4.79 Å². The molecule has 1 aliphatic rings. The molecule has 2 nitrogen and oxygen atoms in total. The number of aliphatic carboxylic acids is 1. The third kappa shape index (κ3) is 2.53. The van der Waals surface area contributed by atoms with Crippen molar-refractivity contribution in [3.8, 4) is 0 Å². The van der Waals surface area contributed by atoms with Gasteiger partial charge in [-0.15, -0.1) is 0 Å². The second-order valence-electron chi connectivity index (χ2n) is 4.19. The number of carboxylic acid groups (broad SMARTS) is 1. The van der Waals surface area contributed by atoms with E-state index in [1.54, 1.807) is 13.8 Å². The number of hydrogen-bond donors (Lipinski definition) is 1. The standard InChI is InChI=1S/C9H10BrF3O2/c1-8(2)5(6(8)7(14)15)4(10)3-9(11,12)13/h3,5-6H,1-2H3,(H,14,15)/b4-3-/t5-,6-/m0/s1. The molecule has 6 heteroatoms. The molecule has 0 saturated heterocycles. The van der Waals surface area contributed by atoms with Crippen LogP contribution >= 0.6 is 15.9 Å². The number of halogens is 4. The van der Waals surface area contributed by atoms with E-state index in [0.717, 1.165) is 0 Å². The molecule has 2 atom stereocenters. The van der Waals surface area contributed by atoms with E-state index in [9.17, 15) is 18.0 Å². The van der Waals surface area contributed by atoms with Crippen LogP contribution in [0.3, 0.4) is 0 Å². The van der Waals surface area contributed by atoms with Crippen LogP contribution in [0.5, 0.6) is 0 Å². The number of rotatable bonds is 2. The van der Waals surface area contributed by atoms with Gasteiger partial charge in [-0.05, 0) is 5.41 Å². The van der Waals surface area contributed by atoms with E-state index in [1.807, 2.05) is 0 Å². The summed E-state index contributed by atoms with van der Waals surface area (Å²) in [7, 11) is 0. The molecule has 0 radical (unpaired) electrons. The first kappa shape index (κ1) is 12.5. The highest BCUT2D eigenvalue weighted by atomic mass is 79.9. The largest absolute Gasteiger partial charge is 0.481 e. The molecule has 0 spiro atoms. The van der Waals surface area contributed by atoms with Crippen molar-refractivity contribution in [3.05, 3.63) is 10.6 Å². The highest BCUT2D eigenvalue weighted by Crippen LogP contribution is 2.63. The van der Waals surface area contributed by atoms with Crippen molar-refractivity contribution < 1.29 is 23.1 Å². The molecule has 86 valence electrons. The van der Waals surface area contributed by atoms with Crippen LogP contribution in [0, 0.1) is 17.3 Å². The normalized spacial score (nSPS) is 30.1. The third-order valence-electron chi connectivity index (χ3n) is 2.69. The van der Waals surface area contributed by atoms with Crippen LogP contribution in [0.1, 0.15) is 13.8 Å². The van der Waals surface area contributed by atoms with Crippen molar-refractivity contribution >= 4 is 21.9 Å². The number of hydrogen-bond acceptors (Lipinski definition) is 1. The summed E-state index contributed by atoms with van der Waals surface area (Å²) in [5.41, 5.74) is -0.619. The number of alkyl halides is 3. The highest BCUT2D eigenvalue weighted by molar-refractivity contribution is 9.11. The van der Waals surface area contributed by atoms with Crippen LogP contribution in [0.15, 0.2) is 10.6 Å². The van der Waals surface area contributed by atoms with E-state index in [1.165, 1.54) is 0 Å². The van der Waals surface area contributed by atoms with Crippen LogP contribution in [-0.4, -0.2) is 17.3 Å². The highest BCUT2D eigenvalue weighted by Gasteiger charge is 2.63. The van der Waals surface area contributed by atoms with E-state index in [0.29, 0.717) is 0 Å². The molecule has 0 aliphatic heterocycles. The van der Waals surface area contributed by atoms with Crippen molar-refractivity contribution in [2.24, 2.45) is 17.3 Å². The Kier molecular flexibility index (Phi) is 2.93. The molecule has 1 N–H and O–H groups in total. The van der Waals surface area contributed by atoms with Crippen LogP contribution in [0.4, 0.5) is 13.2 Å². The fourth-order valence-electron chi connectivity index (χ4n) is 1.86. The Morgan fingerprint density at radius 2 is 1.87 bits per heavy atom. The minimum absolute atomic E-state index is 0.0904. The van der Waals surface area contributed by atoms with Crippen LogP contribution in [0.2, 0.25) is 0 Å². The molecule has 1 rings (SSSR count). The summed E-state index contributed by atoms with van der Waals surface area (Å²) in [5, 5.41) is 8.78. The lowest BCUT2D eigenvalue weighted by molar-refractivity contribution is -0.139. The first-order chi connectivity index (χ1) is 6.57.